The zero-order chi connectivity index (χ0) is 19.3. The maximum atomic E-state index is 12.5. The summed E-state index contributed by atoms with van der Waals surface area (Å²) >= 11 is 0. The van der Waals surface area contributed by atoms with Gasteiger partial charge < -0.3 is 19.7 Å². The van der Waals surface area contributed by atoms with Gasteiger partial charge in [0, 0.05) is 44.5 Å². The fraction of sp³-hybridized carbons (Fsp3) is 0.333. The number of nitrogens with one attached hydrogen (secondary N) is 1. The largest absolute Gasteiger partial charge is 0.486 e. The van der Waals surface area contributed by atoms with Gasteiger partial charge in [0.15, 0.2) is 11.5 Å². The molecule has 7 heteroatoms. The van der Waals surface area contributed by atoms with Crippen LogP contribution in [0.25, 0.3) is 0 Å². The zero-order valence-corrected chi connectivity index (χ0v) is 15.6. The third-order valence-electron chi connectivity index (χ3n) is 4.90. The highest BCUT2D eigenvalue weighted by Crippen LogP contribution is 2.32. The average molecular weight is 381 g/mol. The maximum absolute atomic E-state index is 12.5. The molecule has 0 aliphatic carbocycles. The molecule has 0 bridgehead atoms. The van der Waals surface area contributed by atoms with E-state index in [1.54, 1.807) is 23.1 Å². The van der Waals surface area contributed by atoms with E-state index < -0.39 is 11.8 Å². The number of fused-ring (bicyclic) bond motifs is 1. The zero-order valence-electron chi connectivity index (χ0n) is 15.6. The van der Waals surface area contributed by atoms with Gasteiger partial charge in [-0.2, -0.15) is 0 Å². The second kappa shape index (κ2) is 8.31. The number of rotatable bonds is 3. The summed E-state index contributed by atoms with van der Waals surface area (Å²) in [4.78, 5) is 28.8. The lowest BCUT2D eigenvalue weighted by molar-refractivity contribution is -0.144. The molecule has 28 heavy (non-hydrogen) atoms. The van der Waals surface area contributed by atoms with Gasteiger partial charge >= 0.3 is 11.8 Å². The Bertz CT molecular complexity index is 848. The summed E-state index contributed by atoms with van der Waals surface area (Å²) in [5.74, 6) is 0.0820. The van der Waals surface area contributed by atoms with Crippen LogP contribution in [0.4, 0.5) is 5.69 Å². The monoisotopic (exact) mass is 381 g/mol. The molecular formula is C21H23N3O4. The van der Waals surface area contributed by atoms with Crippen LogP contribution >= 0.6 is 0 Å². The number of carbonyl (C=O) groups is 2. The smallest absolute Gasteiger partial charge is 0.313 e. The summed E-state index contributed by atoms with van der Waals surface area (Å²) in [6.45, 7) is 4.41. The van der Waals surface area contributed by atoms with E-state index in [1.165, 1.54) is 5.56 Å². The average Bonchev–Trinajstić information content (AvgIpc) is 2.74. The van der Waals surface area contributed by atoms with Gasteiger partial charge in [-0.25, -0.2) is 0 Å². The van der Waals surface area contributed by atoms with Crippen LogP contribution in [0, 0.1) is 0 Å². The van der Waals surface area contributed by atoms with Crippen LogP contribution in [0.1, 0.15) is 5.56 Å². The normalized spacial score (nSPS) is 16.5. The van der Waals surface area contributed by atoms with Crippen LogP contribution in [0.5, 0.6) is 11.5 Å². The van der Waals surface area contributed by atoms with Gasteiger partial charge in [-0.1, -0.05) is 30.3 Å². The molecule has 2 aromatic carbocycles. The fourth-order valence-corrected chi connectivity index (χ4v) is 3.40. The van der Waals surface area contributed by atoms with Crippen molar-refractivity contribution in [1.82, 2.24) is 9.80 Å². The van der Waals surface area contributed by atoms with Gasteiger partial charge in [-0.05, 0) is 17.7 Å². The molecule has 2 aliphatic rings. The van der Waals surface area contributed by atoms with E-state index in [4.69, 9.17) is 9.47 Å². The topological polar surface area (TPSA) is 71.1 Å². The minimum atomic E-state index is -0.631. The highest BCUT2D eigenvalue weighted by molar-refractivity contribution is 6.39. The van der Waals surface area contributed by atoms with E-state index >= 15 is 0 Å². The van der Waals surface area contributed by atoms with Crippen molar-refractivity contribution >= 4 is 17.5 Å². The fourth-order valence-electron chi connectivity index (χ4n) is 3.40. The molecule has 1 fully saturated rings. The lowest BCUT2D eigenvalue weighted by Crippen LogP contribution is -2.51. The van der Waals surface area contributed by atoms with Crippen LogP contribution in [-0.4, -0.2) is 61.0 Å². The van der Waals surface area contributed by atoms with Crippen molar-refractivity contribution in [3.63, 3.8) is 0 Å². The second-order valence-corrected chi connectivity index (χ2v) is 6.87. The summed E-state index contributed by atoms with van der Waals surface area (Å²) in [6, 6.07) is 15.4. The van der Waals surface area contributed by atoms with Crippen molar-refractivity contribution in [2.45, 2.75) is 6.54 Å². The third-order valence-corrected chi connectivity index (χ3v) is 4.90. The molecule has 0 saturated carbocycles. The Hall–Kier alpha value is -3.06. The number of benzene rings is 2. The summed E-state index contributed by atoms with van der Waals surface area (Å²) in [7, 11) is 0. The first-order valence-electron chi connectivity index (χ1n) is 9.45. The number of hydrogen-bond donors (Lipinski definition) is 1. The summed E-state index contributed by atoms with van der Waals surface area (Å²) in [5.41, 5.74) is 1.77. The van der Waals surface area contributed by atoms with Crippen molar-refractivity contribution < 1.29 is 19.1 Å². The Morgan fingerprint density at radius 1 is 0.893 bits per heavy atom. The van der Waals surface area contributed by atoms with Gasteiger partial charge in [0.2, 0.25) is 0 Å². The van der Waals surface area contributed by atoms with E-state index in [0.29, 0.717) is 43.5 Å². The Morgan fingerprint density at radius 2 is 1.61 bits per heavy atom. The van der Waals surface area contributed by atoms with Crippen molar-refractivity contribution in [2.24, 2.45) is 0 Å². The molecule has 2 aliphatic heterocycles. The van der Waals surface area contributed by atoms with Gasteiger partial charge in [0.05, 0.1) is 0 Å². The molecule has 7 nitrogen and oxygen atoms in total. The summed E-state index contributed by atoms with van der Waals surface area (Å²) in [6.07, 6.45) is 0. The van der Waals surface area contributed by atoms with E-state index in [0.717, 1.165) is 19.6 Å². The minimum absolute atomic E-state index is 0.469. The molecule has 1 saturated heterocycles. The van der Waals surface area contributed by atoms with Crippen molar-refractivity contribution in [1.29, 1.82) is 0 Å². The van der Waals surface area contributed by atoms with Crippen LogP contribution in [0.2, 0.25) is 0 Å². The Labute approximate surface area is 163 Å². The number of anilines is 1. The van der Waals surface area contributed by atoms with Crippen LogP contribution in [0.15, 0.2) is 48.5 Å². The van der Waals surface area contributed by atoms with Gasteiger partial charge in [-0.15, -0.1) is 0 Å². The summed E-state index contributed by atoms with van der Waals surface area (Å²) in [5, 5.41) is 2.66. The highest BCUT2D eigenvalue weighted by Gasteiger charge is 2.26. The molecular weight excluding hydrogens is 358 g/mol. The molecule has 0 unspecified atom stereocenters. The third kappa shape index (κ3) is 4.26. The van der Waals surface area contributed by atoms with Gasteiger partial charge in [0.1, 0.15) is 13.2 Å². The Kier molecular flexibility index (Phi) is 5.43. The van der Waals surface area contributed by atoms with Crippen LogP contribution < -0.4 is 14.8 Å². The first kappa shape index (κ1) is 18.3. The molecule has 2 aromatic rings. The number of nitrogens with zero attached hydrogens (tertiary/aromatic N) is 2. The van der Waals surface area contributed by atoms with Crippen molar-refractivity contribution in [2.75, 3.05) is 44.7 Å². The predicted molar refractivity (Wildman–Crippen MR) is 104 cm³/mol. The van der Waals surface area contributed by atoms with E-state index in [2.05, 4.69) is 22.3 Å². The lowest BCUT2D eigenvalue weighted by Gasteiger charge is -2.34. The Balaban J connectivity index is 1.29. The molecule has 4 rings (SSSR count). The van der Waals surface area contributed by atoms with E-state index in [9.17, 15) is 9.59 Å². The van der Waals surface area contributed by atoms with E-state index in [1.807, 2.05) is 18.2 Å². The molecule has 2 heterocycles. The first-order valence-corrected chi connectivity index (χ1v) is 9.45. The Morgan fingerprint density at radius 3 is 2.36 bits per heavy atom. The number of hydrogen-bond acceptors (Lipinski definition) is 5. The lowest BCUT2D eigenvalue weighted by atomic mass is 10.2. The predicted octanol–water partition coefficient (Wildman–Crippen LogP) is 1.74. The second-order valence-electron chi connectivity index (χ2n) is 6.87. The number of amides is 2. The molecule has 1 N–H and O–H groups in total. The van der Waals surface area contributed by atoms with Gasteiger partial charge in [-0.3, -0.25) is 14.5 Å². The molecule has 0 atom stereocenters. The molecule has 0 spiro atoms. The molecule has 146 valence electrons. The number of piperazine rings is 1. The quantitative estimate of drug-likeness (QED) is 0.820. The molecule has 0 aromatic heterocycles. The number of carbonyl (C=O) groups excluding carboxylic acids is 2. The standard InChI is InChI=1S/C21H23N3O4/c25-20(22-17-6-7-18-19(14-17)28-13-12-27-18)21(26)24-10-8-23(9-11-24)15-16-4-2-1-3-5-16/h1-7,14H,8-13,15H2,(H,22,25). The highest BCUT2D eigenvalue weighted by atomic mass is 16.6. The molecule has 2 amide bonds. The molecule has 0 radical (unpaired) electrons. The minimum Gasteiger partial charge on any atom is -0.486 e. The van der Waals surface area contributed by atoms with Crippen molar-refractivity contribution in [3.05, 3.63) is 54.1 Å². The number of ether oxygens (including phenoxy) is 2. The van der Waals surface area contributed by atoms with Crippen LogP contribution in [0.3, 0.4) is 0 Å². The summed E-state index contributed by atoms with van der Waals surface area (Å²) < 4.78 is 11.0. The van der Waals surface area contributed by atoms with Crippen LogP contribution in [-0.2, 0) is 16.1 Å². The van der Waals surface area contributed by atoms with Gasteiger partial charge in [0.25, 0.3) is 0 Å². The van der Waals surface area contributed by atoms with E-state index in [-0.39, 0.29) is 0 Å². The maximum Gasteiger partial charge on any atom is 0.313 e. The first-order chi connectivity index (χ1) is 13.7. The SMILES string of the molecule is O=C(Nc1ccc2c(c1)OCCO2)C(=O)N1CCN(Cc2ccccc2)CC1. The van der Waals surface area contributed by atoms with Crippen molar-refractivity contribution in [3.8, 4) is 11.5 Å².